The minimum atomic E-state index is -0.449. The maximum atomic E-state index is 11.1. The third kappa shape index (κ3) is 2.44. The van der Waals surface area contributed by atoms with Crippen molar-refractivity contribution >= 4 is 32.7 Å². The first-order valence-corrected chi connectivity index (χ1v) is 6.56. The van der Waals surface area contributed by atoms with Crippen molar-refractivity contribution in [1.29, 1.82) is 0 Å². The standard InChI is InChI=1S/C13H11BrN2O3/c1-7(10-4-5-12(14)18-10)15-8-2-3-11-9(6-8)16-13(17)19-11/h2-7,15H,1H3,(H,16,17). The molecule has 0 aliphatic heterocycles. The summed E-state index contributed by atoms with van der Waals surface area (Å²) in [6.07, 6.45) is 0. The van der Waals surface area contributed by atoms with Gasteiger partial charge in [-0.15, -0.1) is 0 Å². The van der Waals surface area contributed by atoms with Crippen molar-refractivity contribution in [3.63, 3.8) is 0 Å². The second-order valence-corrected chi connectivity index (χ2v) is 5.01. The fraction of sp³-hybridized carbons (Fsp3) is 0.154. The molecule has 0 bridgehead atoms. The van der Waals surface area contributed by atoms with Gasteiger partial charge in [0, 0.05) is 5.69 Å². The minimum Gasteiger partial charge on any atom is -0.452 e. The number of benzene rings is 1. The number of fused-ring (bicyclic) bond motifs is 1. The molecule has 1 unspecified atom stereocenters. The number of aromatic amines is 1. The molecule has 2 aromatic heterocycles. The van der Waals surface area contributed by atoms with E-state index < -0.39 is 5.76 Å². The van der Waals surface area contributed by atoms with Crippen molar-refractivity contribution in [1.82, 2.24) is 4.98 Å². The van der Waals surface area contributed by atoms with Crippen molar-refractivity contribution in [3.05, 3.63) is 51.3 Å². The van der Waals surface area contributed by atoms with Gasteiger partial charge in [-0.3, -0.25) is 4.98 Å². The van der Waals surface area contributed by atoms with Crippen LogP contribution in [0.3, 0.4) is 0 Å². The van der Waals surface area contributed by atoms with Crippen LogP contribution >= 0.6 is 15.9 Å². The molecule has 2 heterocycles. The van der Waals surface area contributed by atoms with E-state index in [1.807, 2.05) is 31.2 Å². The summed E-state index contributed by atoms with van der Waals surface area (Å²) < 4.78 is 11.1. The van der Waals surface area contributed by atoms with Crippen LogP contribution in [0, 0.1) is 0 Å². The van der Waals surface area contributed by atoms with Gasteiger partial charge in [0.2, 0.25) is 0 Å². The van der Waals surface area contributed by atoms with Crippen LogP contribution in [-0.2, 0) is 0 Å². The molecule has 98 valence electrons. The van der Waals surface area contributed by atoms with E-state index in [1.165, 1.54) is 0 Å². The normalized spacial score (nSPS) is 12.7. The van der Waals surface area contributed by atoms with Gasteiger partial charge in [-0.25, -0.2) is 4.79 Å². The van der Waals surface area contributed by atoms with Crippen LogP contribution in [0.5, 0.6) is 0 Å². The summed E-state index contributed by atoms with van der Waals surface area (Å²) in [5.41, 5.74) is 2.09. The monoisotopic (exact) mass is 322 g/mol. The highest BCUT2D eigenvalue weighted by molar-refractivity contribution is 9.10. The van der Waals surface area contributed by atoms with Crippen molar-refractivity contribution in [2.75, 3.05) is 5.32 Å². The van der Waals surface area contributed by atoms with Crippen LogP contribution in [0.15, 0.2) is 48.6 Å². The summed E-state index contributed by atoms with van der Waals surface area (Å²) in [4.78, 5) is 13.7. The number of aromatic nitrogens is 1. The third-order valence-corrected chi connectivity index (χ3v) is 3.25. The Kier molecular flexibility index (Phi) is 2.94. The molecule has 3 aromatic rings. The van der Waals surface area contributed by atoms with Crippen molar-refractivity contribution in [2.24, 2.45) is 0 Å². The van der Waals surface area contributed by atoms with Gasteiger partial charge in [0.05, 0.1) is 11.6 Å². The fourth-order valence-corrected chi connectivity index (χ4v) is 2.24. The van der Waals surface area contributed by atoms with E-state index in [0.717, 1.165) is 11.4 Å². The Labute approximate surface area is 116 Å². The zero-order chi connectivity index (χ0) is 13.4. The van der Waals surface area contributed by atoms with Gasteiger partial charge in [0.25, 0.3) is 0 Å². The summed E-state index contributed by atoms with van der Waals surface area (Å²) >= 11 is 3.27. The topological polar surface area (TPSA) is 71.2 Å². The highest BCUT2D eigenvalue weighted by atomic mass is 79.9. The van der Waals surface area contributed by atoms with Crippen LogP contribution in [0.2, 0.25) is 0 Å². The molecule has 6 heteroatoms. The minimum absolute atomic E-state index is 0.0161. The molecule has 0 fully saturated rings. The molecule has 0 saturated carbocycles. The second kappa shape index (κ2) is 4.62. The van der Waals surface area contributed by atoms with Gasteiger partial charge < -0.3 is 14.2 Å². The summed E-state index contributed by atoms with van der Waals surface area (Å²) in [5, 5.41) is 3.29. The Morgan fingerprint density at radius 3 is 2.84 bits per heavy atom. The highest BCUT2D eigenvalue weighted by Crippen LogP contribution is 2.25. The van der Waals surface area contributed by atoms with Crippen LogP contribution < -0.4 is 11.1 Å². The molecule has 0 radical (unpaired) electrons. The van der Waals surface area contributed by atoms with Crippen LogP contribution in [0.4, 0.5) is 5.69 Å². The van der Waals surface area contributed by atoms with Gasteiger partial charge >= 0.3 is 5.76 Å². The Morgan fingerprint density at radius 1 is 1.26 bits per heavy atom. The molecule has 1 atom stereocenters. The predicted octanol–water partition coefficient (Wildman–Crippen LogP) is 3.65. The van der Waals surface area contributed by atoms with Crippen LogP contribution in [0.25, 0.3) is 11.1 Å². The first-order valence-electron chi connectivity index (χ1n) is 5.76. The number of rotatable bonds is 3. The van der Waals surface area contributed by atoms with Crippen LogP contribution in [-0.4, -0.2) is 4.98 Å². The number of H-pyrrole nitrogens is 1. The highest BCUT2D eigenvalue weighted by Gasteiger charge is 2.10. The van der Waals surface area contributed by atoms with E-state index in [-0.39, 0.29) is 6.04 Å². The van der Waals surface area contributed by atoms with Crippen LogP contribution in [0.1, 0.15) is 18.7 Å². The smallest absolute Gasteiger partial charge is 0.417 e. The van der Waals surface area contributed by atoms with Gasteiger partial charge in [0.1, 0.15) is 5.76 Å². The average molecular weight is 323 g/mol. The van der Waals surface area contributed by atoms with Gasteiger partial charge in [-0.05, 0) is 53.2 Å². The lowest BCUT2D eigenvalue weighted by molar-refractivity contribution is 0.471. The molecule has 19 heavy (non-hydrogen) atoms. The molecule has 0 aliphatic rings. The number of hydrogen-bond donors (Lipinski definition) is 2. The van der Waals surface area contributed by atoms with Gasteiger partial charge in [-0.2, -0.15) is 0 Å². The average Bonchev–Trinajstić information content (AvgIpc) is 2.93. The summed E-state index contributed by atoms with van der Waals surface area (Å²) in [7, 11) is 0. The molecule has 1 aromatic carbocycles. The van der Waals surface area contributed by atoms with E-state index in [0.29, 0.717) is 15.8 Å². The quantitative estimate of drug-likeness (QED) is 0.772. The lowest BCUT2D eigenvalue weighted by atomic mass is 10.2. The Hall–Kier alpha value is -1.95. The zero-order valence-corrected chi connectivity index (χ0v) is 11.7. The zero-order valence-electron chi connectivity index (χ0n) is 10.1. The Morgan fingerprint density at radius 2 is 2.11 bits per heavy atom. The fourth-order valence-electron chi connectivity index (χ4n) is 1.92. The predicted molar refractivity (Wildman–Crippen MR) is 75.3 cm³/mol. The molecule has 0 saturated heterocycles. The molecular formula is C13H11BrN2O3. The number of hydrogen-bond acceptors (Lipinski definition) is 4. The third-order valence-electron chi connectivity index (χ3n) is 2.82. The SMILES string of the molecule is CC(Nc1ccc2oc(=O)[nH]c2c1)c1ccc(Br)o1. The molecule has 0 spiro atoms. The van der Waals surface area contributed by atoms with Crippen molar-refractivity contribution in [2.45, 2.75) is 13.0 Å². The van der Waals surface area contributed by atoms with E-state index >= 15 is 0 Å². The lowest BCUT2D eigenvalue weighted by Gasteiger charge is -2.12. The molecule has 2 N–H and O–H groups in total. The maximum Gasteiger partial charge on any atom is 0.417 e. The van der Waals surface area contributed by atoms with E-state index in [9.17, 15) is 4.79 Å². The Balaban J connectivity index is 1.86. The second-order valence-electron chi connectivity index (χ2n) is 4.23. The van der Waals surface area contributed by atoms with E-state index in [1.54, 1.807) is 6.07 Å². The Bertz CT molecular complexity index is 771. The molecular weight excluding hydrogens is 312 g/mol. The molecule has 0 aliphatic carbocycles. The number of halogens is 1. The summed E-state index contributed by atoms with van der Waals surface area (Å²) in [5.74, 6) is 0.378. The lowest BCUT2D eigenvalue weighted by Crippen LogP contribution is -2.05. The molecule has 3 rings (SSSR count). The van der Waals surface area contributed by atoms with Crippen molar-refractivity contribution < 1.29 is 8.83 Å². The number of oxazole rings is 1. The van der Waals surface area contributed by atoms with Crippen molar-refractivity contribution in [3.8, 4) is 0 Å². The largest absolute Gasteiger partial charge is 0.452 e. The number of nitrogens with one attached hydrogen (secondary N) is 2. The number of anilines is 1. The first kappa shape index (κ1) is 12.1. The van der Waals surface area contributed by atoms with Gasteiger partial charge in [-0.1, -0.05) is 0 Å². The summed E-state index contributed by atoms with van der Waals surface area (Å²) in [6, 6.07) is 9.20. The molecule has 0 amide bonds. The van der Waals surface area contributed by atoms with Gasteiger partial charge in [0.15, 0.2) is 10.3 Å². The number of furan rings is 1. The maximum absolute atomic E-state index is 11.1. The summed E-state index contributed by atoms with van der Waals surface area (Å²) in [6.45, 7) is 1.99. The van der Waals surface area contributed by atoms with E-state index in [4.69, 9.17) is 8.83 Å². The first-order chi connectivity index (χ1) is 9.11. The molecule has 5 nitrogen and oxygen atoms in total. The van der Waals surface area contributed by atoms with E-state index in [2.05, 4.69) is 26.2 Å².